The SMILES string of the molecule is CC(C)(C)[C@H](NC(=O)NC1([C@@H]2CCS2(=O)=O)CCCCC1)C(=O)N1C[C@H]2[C@@H]([C@H]1C(=O)O)C2(C)C.CC(C)(C)[C@H](NC(=O)NC1([C@@H]2CCS2(=O)=O)CCCCC1)C(=O)N1C[C@H]2[C@@H]([C@H]1C(=O)OCc1ccccc1)C2(C)C. The number of urea groups is 2. The first-order valence-electron chi connectivity index (χ1n) is 27.4. The van der Waals surface area contributed by atoms with Crippen LogP contribution in [0.4, 0.5) is 9.59 Å². The Labute approximate surface area is 444 Å². The summed E-state index contributed by atoms with van der Waals surface area (Å²) in [5, 5.41) is 20.5. The van der Waals surface area contributed by atoms with Gasteiger partial charge in [0.2, 0.25) is 11.8 Å². The predicted octanol–water partition coefficient (Wildman–Crippen LogP) is 5.97. The largest absolute Gasteiger partial charge is 0.480 e. The predicted molar refractivity (Wildman–Crippen MR) is 282 cm³/mol. The molecule has 5 N–H and O–H groups in total. The van der Waals surface area contributed by atoms with Crippen LogP contribution < -0.4 is 21.3 Å². The number of hydrogen-bond donors (Lipinski definition) is 5. The van der Waals surface area contributed by atoms with Gasteiger partial charge >= 0.3 is 24.0 Å². The van der Waals surface area contributed by atoms with Crippen LogP contribution in [0.15, 0.2) is 30.3 Å². The van der Waals surface area contributed by atoms with Crippen LogP contribution in [0.2, 0.25) is 0 Å². The lowest BCUT2D eigenvalue weighted by atomic mass is 9.78. The highest BCUT2D eigenvalue weighted by Crippen LogP contribution is 2.66. The van der Waals surface area contributed by atoms with Crippen LogP contribution in [-0.2, 0) is 50.2 Å². The molecule has 4 aliphatic heterocycles. The highest BCUT2D eigenvalue weighted by atomic mass is 32.2. The summed E-state index contributed by atoms with van der Waals surface area (Å²) in [7, 11) is -6.46. The van der Waals surface area contributed by atoms with Gasteiger partial charge in [0.15, 0.2) is 19.7 Å². The number of hydrogen-bond acceptors (Lipinski definition) is 11. The third-order valence-corrected chi connectivity index (χ3v) is 23.8. The van der Waals surface area contributed by atoms with Crippen molar-refractivity contribution in [3.63, 3.8) is 0 Å². The van der Waals surface area contributed by atoms with Gasteiger partial charge in [-0.2, -0.15) is 0 Å². The number of rotatable bonds is 12. The minimum Gasteiger partial charge on any atom is -0.480 e. The molecule has 10 atom stereocenters. The van der Waals surface area contributed by atoms with Gasteiger partial charge < -0.3 is 40.9 Å². The Balaban J connectivity index is 0.000000203. The summed E-state index contributed by atoms with van der Waals surface area (Å²) in [5.74, 6) is -1.61. The first kappa shape index (κ1) is 56.7. The van der Waals surface area contributed by atoms with Crippen LogP contribution in [0.3, 0.4) is 0 Å². The number of nitrogens with one attached hydrogen (secondary N) is 4. The summed E-state index contributed by atoms with van der Waals surface area (Å²) in [6.45, 7) is 20.4. The van der Waals surface area contributed by atoms with Crippen molar-refractivity contribution in [3.05, 3.63) is 35.9 Å². The molecule has 20 heteroatoms. The number of carboxylic acid groups (broad SMARTS) is 1. The Morgan fingerprint density at radius 3 is 1.36 bits per heavy atom. The molecular formula is C55H84N6O12S2. The number of piperidine rings is 2. The standard InChI is InChI=1S/C31H45N3O6S.C24H39N3O6S/c1-29(2,3)25(32-28(37)33-31(15-10-7-11-16-31)22-14-17-41(22,38)39)26(35)34-18-21-23(30(21,4)5)24(34)27(36)40-19-20-12-8-6-9-13-20;1-22(2,3)18(19(28)27-13-14-16(23(14,4)5)17(27)20(29)30)25-21(31)26-24(10-7-6-8-11-24)15-9-12-34(15,32)33/h6,8-9,12-13,21-25H,7,10-11,14-19H2,1-5H3,(H2,32,33,37);14-18H,6-13H2,1-5H3,(H,29,30)(H2,25,26,31)/t21-,22-,23-,24-,25+;14-,15-,16-,17-,18+/m00/s1. The quantitative estimate of drug-likeness (QED) is 0.152. The van der Waals surface area contributed by atoms with E-state index in [9.17, 15) is 50.7 Å². The smallest absolute Gasteiger partial charge is 0.329 e. The molecule has 418 valence electrons. The van der Waals surface area contributed by atoms with Crippen molar-refractivity contribution in [3.8, 4) is 0 Å². The number of ether oxygens (including phenoxy) is 1. The lowest BCUT2D eigenvalue weighted by Crippen LogP contribution is -2.67. The van der Waals surface area contributed by atoms with E-state index in [1.54, 1.807) is 4.90 Å². The lowest BCUT2D eigenvalue weighted by molar-refractivity contribution is -0.157. The molecule has 0 spiro atoms. The summed E-state index contributed by atoms with van der Waals surface area (Å²) in [6, 6.07) is 4.90. The fraction of sp³-hybridized carbons (Fsp3) is 0.782. The molecule has 75 heavy (non-hydrogen) atoms. The van der Waals surface area contributed by atoms with Gasteiger partial charge in [0.1, 0.15) is 30.8 Å². The van der Waals surface area contributed by atoms with Gasteiger partial charge in [-0.1, -0.05) is 138 Å². The molecule has 18 nitrogen and oxygen atoms in total. The number of carbonyl (C=O) groups excluding carboxylic acids is 5. The Kier molecular flexibility index (Phi) is 15.2. The molecule has 1 aromatic rings. The Morgan fingerprint density at radius 2 is 1.01 bits per heavy atom. The minimum atomic E-state index is -3.24. The third kappa shape index (κ3) is 10.9. The normalized spacial score (nSPS) is 31.6. The molecule has 9 rings (SSSR count). The van der Waals surface area contributed by atoms with Gasteiger partial charge in [-0.15, -0.1) is 0 Å². The van der Waals surface area contributed by atoms with Crippen molar-refractivity contribution in [2.24, 2.45) is 45.3 Å². The molecule has 1 aromatic carbocycles. The first-order chi connectivity index (χ1) is 34.8. The van der Waals surface area contributed by atoms with Gasteiger partial charge in [0.05, 0.1) is 33.1 Å². The number of carbonyl (C=O) groups is 6. The van der Waals surface area contributed by atoms with Crippen molar-refractivity contribution in [1.29, 1.82) is 0 Å². The number of aliphatic carboxylic acids is 1. The second-order valence-corrected chi connectivity index (χ2v) is 31.3. The summed E-state index contributed by atoms with van der Waals surface area (Å²) in [4.78, 5) is 83.1. The molecule has 4 saturated carbocycles. The second kappa shape index (κ2) is 20.1. The molecule has 4 aliphatic carbocycles. The minimum absolute atomic E-state index is 0.00139. The topological polar surface area (TPSA) is 255 Å². The molecule has 8 aliphatic rings. The van der Waals surface area contributed by atoms with Crippen molar-refractivity contribution in [2.45, 2.75) is 199 Å². The fourth-order valence-corrected chi connectivity index (χ4v) is 18.0. The highest BCUT2D eigenvalue weighted by Gasteiger charge is 2.71. The Hall–Kier alpha value is -4.46. The molecule has 8 fully saturated rings. The number of benzene rings is 1. The maximum atomic E-state index is 14.2. The highest BCUT2D eigenvalue weighted by molar-refractivity contribution is 7.93. The van der Waals surface area contributed by atoms with Gasteiger partial charge in [0.25, 0.3) is 0 Å². The van der Waals surface area contributed by atoms with Crippen LogP contribution in [0.1, 0.15) is 152 Å². The molecule has 4 saturated heterocycles. The molecule has 0 bridgehead atoms. The van der Waals surface area contributed by atoms with Gasteiger partial charge in [-0.05, 0) is 77.6 Å². The van der Waals surface area contributed by atoms with Crippen LogP contribution in [0, 0.1) is 45.3 Å². The molecular weight excluding hydrogens is 1000 g/mol. The van der Waals surface area contributed by atoms with Crippen molar-refractivity contribution in [1.82, 2.24) is 31.1 Å². The average Bonchev–Trinajstić information content (AvgIpc) is 3.75. The zero-order valence-electron chi connectivity index (χ0n) is 45.8. The van der Waals surface area contributed by atoms with Crippen LogP contribution >= 0.6 is 0 Å². The van der Waals surface area contributed by atoms with Gasteiger partial charge in [0, 0.05) is 24.9 Å². The number of amides is 6. The molecule has 0 radical (unpaired) electrons. The van der Waals surface area contributed by atoms with E-state index in [0.717, 1.165) is 44.1 Å². The summed E-state index contributed by atoms with van der Waals surface area (Å²) in [6.07, 6.45) is 8.92. The number of nitrogens with zero attached hydrogens (tertiary/aromatic N) is 2. The van der Waals surface area contributed by atoms with Crippen molar-refractivity contribution < 1.29 is 55.4 Å². The van der Waals surface area contributed by atoms with E-state index in [4.69, 9.17) is 4.74 Å². The Bertz CT molecular complexity index is 2620. The van der Waals surface area contributed by atoms with E-state index >= 15 is 0 Å². The van der Waals surface area contributed by atoms with E-state index in [1.807, 2.05) is 85.7 Å². The van der Waals surface area contributed by atoms with Gasteiger partial charge in [-0.3, -0.25) is 9.59 Å². The summed E-state index contributed by atoms with van der Waals surface area (Å²) < 4.78 is 55.9. The number of fused-ring (bicyclic) bond motifs is 2. The number of esters is 1. The number of carboxylic acids is 1. The van der Waals surface area contributed by atoms with E-state index in [1.165, 1.54) is 4.90 Å². The summed E-state index contributed by atoms with van der Waals surface area (Å²) in [5.41, 5.74) is -2.25. The molecule has 6 amide bonds. The average molecular weight is 1090 g/mol. The molecule has 4 heterocycles. The number of sulfone groups is 2. The van der Waals surface area contributed by atoms with E-state index in [-0.39, 0.29) is 58.5 Å². The monoisotopic (exact) mass is 1080 g/mol. The van der Waals surface area contributed by atoms with E-state index in [2.05, 4.69) is 35.1 Å². The fourth-order valence-electron chi connectivity index (χ4n) is 14.3. The van der Waals surface area contributed by atoms with E-state index < -0.39 is 106 Å². The van der Waals surface area contributed by atoms with Crippen LogP contribution in [0.5, 0.6) is 0 Å². The second-order valence-electron chi connectivity index (χ2n) is 26.7. The Morgan fingerprint density at radius 1 is 0.627 bits per heavy atom. The first-order valence-corrected chi connectivity index (χ1v) is 30.9. The molecule has 0 unspecified atom stereocenters. The van der Waals surface area contributed by atoms with Crippen LogP contribution in [0.25, 0.3) is 0 Å². The maximum absolute atomic E-state index is 14.2. The number of likely N-dealkylation sites (tertiary alicyclic amines) is 2. The zero-order valence-corrected chi connectivity index (χ0v) is 47.5. The van der Waals surface area contributed by atoms with Crippen LogP contribution in [-0.4, -0.2) is 138 Å². The van der Waals surface area contributed by atoms with Gasteiger partial charge in [-0.25, -0.2) is 36.0 Å². The zero-order chi connectivity index (χ0) is 55.1. The van der Waals surface area contributed by atoms with Crippen molar-refractivity contribution >= 4 is 55.5 Å². The molecule has 0 aromatic heterocycles. The third-order valence-electron chi connectivity index (χ3n) is 19.1. The maximum Gasteiger partial charge on any atom is 0.329 e. The summed E-state index contributed by atoms with van der Waals surface area (Å²) >= 11 is 0. The van der Waals surface area contributed by atoms with E-state index in [0.29, 0.717) is 51.6 Å². The van der Waals surface area contributed by atoms with Crippen molar-refractivity contribution in [2.75, 3.05) is 24.6 Å². The lowest BCUT2D eigenvalue weighted by Gasteiger charge is -2.47.